The van der Waals surface area contributed by atoms with Gasteiger partial charge < -0.3 is 19.7 Å². The van der Waals surface area contributed by atoms with Crippen LogP contribution in [0.1, 0.15) is 11.6 Å². The SMILES string of the molecule is COc1cc(OCC(=O)N2CCNCC2c2cccc(F)c2)ccc1[N+](=O)[O-]. The van der Waals surface area contributed by atoms with Gasteiger partial charge in [0.15, 0.2) is 6.61 Å². The molecular formula is C19H20FN3O5. The second-order valence-electron chi connectivity index (χ2n) is 6.24. The monoisotopic (exact) mass is 389 g/mol. The highest BCUT2D eigenvalue weighted by Crippen LogP contribution is 2.31. The van der Waals surface area contributed by atoms with Crippen molar-refractivity contribution >= 4 is 11.6 Å². The summed E-state index contributed by atoms with van der Waals surface area (Å²) in [6.45, 7) is 1.36. The largest absolute Gasteiger partial charge is 0.490 e. The van der Waals surface area contributed by atoms with Crippen molar-refractivity contribution in [2.24, 2.45) is 0 Å². The molecule has 0 aliphatic carbocycles. The molecule has 1 heterocycles. The molecule has 148 valence electrons. The van der Waals surface area contributed by atoms with Crippen LogP contribution in [-0.2, 0) is 4.79 Å². The van der Waals surface area contributed by atoms with Crippen molar-refractivity contribution in [3.8, 4) is 11.5 Å². The summed E-state index contributed by atoms with van der Waals surface area (Å²) in [4.78, 5) is 24.7. The van der Waals surface area contributed by atoms with Crippen molar-refractivity contribution < 1.29 is 23.6 Å². The van der Waals surface area contributed by atoms with Crippen LogP contribution < -0.4 is 14.8 Å². The van der Waals surface area contributed by atoms with Crippen LogP contribution in [0.2, 0.25) is 0 Å². The van der Waals surface area contributed by atoms with E-state index in [4.69, 9.17) is 9.47 Å². The summed E-state index contributed by atoms with van der Waals surface area (Å²) < 4.78 is 24.1. The number of rotatable bonds is 6. The Labute approximate surface area is 161 Å². The molecule has 1 atom stereocenters. The van der Waals surface area contributed by atoms with Crippen molar-refractivity contribution in [3.05, 3.63) is 64.0 Å². The molecule has 1 N–H and O–H groups in total. The first-order valence-electron chi connectivity index (χ1n) is 8.70. The van der Waals surface area contributed by atoms with Crippen LogP contribution in [0.3, 0.4) is 0 Å². The minimum absolute atomic E-state index is 0.0507. The number of nitro benzene ring substituents is 1. The highest BCUT2D eigenvalue weighted by Gasteiger charge is 2.28. The molecule has 2 aromatic carbocycles. The molecule has 0 bridgehead atoms. The number of halogens is 1. The molecule has 0 radical (unpaired) electrons. The van der Waals surface area contributed by atoms with Gasteiger partial charge in [0, 0.05) is 31.8 Å². The van der Waals surface area contributed by atoms with Crippen molar-refractivity contribution in [3.63, 3.8) is 0 Å². The fourth-order valence-electron chi connectivity index (χ4n) is 3.14. The van der Waals surface area contributed by atoms with E-state index in [2.05, 4.69) is 5.32 Å². The average Bonchev–Trinajstić information content (AvgIpc) is 2.71. The Morgan fingerprint density at radius 3 is 2.89 bits per heavy atom. The zero-order valence-electron chi connectivity index (χ0n) is 15.3. The normalized spacial score (nSPS) is 16.5. The molecule has 9 heteroatoms. The van der Waals surface area contributed by atoms with Gasteiger partial charge in [0.05, 0.1) is 18.1 Å². The van der Waals surface area contributed by atoms with Gasteiger partial charge >= 0.3 is 5.69 Å². The zero-order chi connectivity index (χ0) is 20.1. The number of amides is 1. The van der Waals surface area contributed by atoms with Crippen molar-refractivity contribution in [2.45, 2.75) is 6.04 Å². The van der Waals surface area contributed by atoms with Gasteiger partial charge in [0.2, 0.25) is 5.75 Å². The molecule has 2 aromatic rings. The number of hydrogen-bond donors (Lipinski definition) is 1. The lowest BCUT2D eigenvalue weighted by Crippen LogP contribution is -2.50. The van der Waals surface area contributed by atoms with E-state index in [-0.39, 0.29) is 41.6 Å². The standard InChI is InChI=1S/C19H20FN3O5/c1-27-18-10-15(5-6-16(18)23(25)26)28-12-19(24)22-8-7-21-11-17(22)13-3-2-4-14(20)9-13/h2-6,9-10,17,21H,7-8,11-12H2,1H3. The Morgan fingerprint density at radius 2 is 2.18 bits per heavy atom. The Balaban J connectivity index is 1.70. The number of nitrogens with zero attached hydrogens (tertiary/aromatic N) is 2. The lowest BCUT2D eigenvalue weighted by molar-refractivity contribution is -0.385. The van der Waals surface area contributed by atoms with Gasteiger partial charge in [-0.25, -0.2) is 4.39 Å². The molecular weight excluding hydrogens is 369 g/mol. The predicted molar refractivity (Wildman–Crippen MR) is 98.9 cm³/mol. The van der Waals surface area contributed by atoms with E-state index in [1.165, 1.54) is 37.4 Å². The third kappa shape index (κ3) is 4.37. The van der Waals surface area contributed by atoms with Gasteiger partial charge in [-0.1, -0.05) is 12.1 Å². The molecule has 0 saturated carbocycles. The number of carbonyl (C=O) groups is 1. The fraction of sp³-hybridized carbons (Fsp3) is 0.316. The molecule has 28 heavy (non-hydrogen) atoms. The van der Waals surface area contributed by atoms with Crippen molar-refractivity contribution in [2.75, 3.05) is 33.4 Å². The van der Waals surface area contributed by atoms with E-state index in [1.807, 2.05) is 0 Å². The summed E-state index contributed by atoms with van der Waals surface area (Å²) in [7, 11) is 1.32. The topological polar surface area (TPSA) is 93.9 Å². The summed E-state index contributed by atoms with van der Waals surface area (Å²) in [6, 6.07) is 9.91. The maximum Gasteiger partial charge on any atom is 0.311 e. The second-order valence-corrected chi connectivity index (χ2v) is 6.24. The molecule has 1 unspecified atom stereocenters. The number of hydrogen-bond acceptors (Lipinski definition) is 6. The maximum atomic E-state index is 13.6. The van der Waals surface area contributed by atoms with E-state index < -0.39 is 4.92 Å². The first-order valence-corrected chi connectivity index (χ1v) is 8.70. The van der Waals surface area contributed by atoms with Crippen molar-refractivity contribution in [1.82, 2.24) is 10.2 Å². The number of carbonyl (C=O) groups excluding carboxylic acids is 1. The number of nitrogens with one attached hydrogen (secondary N) is 1. The smallest absolute Gasteiger partial charge is 0.311 e. The highest BCUT2D eigenvalue weighted by atomic mass is 19.1. The number of nitro groups is 1. The summed E-state index contributed by atoms with van der Waals surface area (Å²) in [5.41, 5.74) is 0.520. The van der Waals surface area contributed by atoms with Crippen LogP contribution in [0.15, 0.2) is 42.5 Å². The van der Waals surface area contributed by atoms with Gasteiger partial charge in [-0.3, -0.25) is 14.9 Å². The zero-order valence-corrected chi connectivity index (χ0v) is 15.3. The number of ether oxygens (including phenoxy) is 2. The Bertz CT molecular complexity index is 876. The minimum Gasteiger partial charge on any atom is -0.490 e. The molecule has 3 rings (SSSR count). The molecule has 0 aromatic heterocycles. The molecule has 0 spiro atoms. The number of benzene rings is 2. The Kier molecular flexibility index (Phi) is 6.05. The van der Waals surface area contributed by atoms with Gasteiger partial charge in [-0.2, -0.15) is 0 Å². The van der Waals surface area contributed by atoms with E-state index >= 15 is 0 Å². The predicted octanol–water partition coefficient (Wildman–Crippen LogP) is 2.29. The van der Waals surface area contributed by atoms with E-state index in [1.54, 1.807) is 17.0 Å². The molecule has 1 amide bonds. The summed E-state index contributed by atoms with van der Waals surface area (Å²) in [6.07, 6.45) is 0. The van der Waals surface area contributed by atoms with E-state index in [9.17, 15) is 19.3 Å². The molecule has 1 saturated heterocycles. The summed E-state index contributed by atoms with van der Waals surface area (Å²) in [5.74, 6) is -0.277. The van der Waals surface area contributed by atoms with Gasteiger partial charge in [-0.15, -0.1) is 0 Å². The third-order valence-electron chi connectivity index (χ3n) is 4.51. The van der Waals surface area contributed by atoms with Crippen LogP contribution in [-0.4, -0.2) is 49.1 Å². The van der Waals surface area contributed by atoms with Crippen LogP contribution in [0.4, 0.5) is 10.1 Å². The van der Waals surface area contributed by atoms with Gasteiger partial charge in [0.25, 0.3) is 5.91 Å². The summed E-state index contributed by atoms with van der Waals surface area (Å²) in [5, 5.41) is 14.2. The van der Waals surface area contributed by atoms with Crippen LogP contribution in [0, 0.1) is 15.9 Å². The van der Waals surface area contributed by atoms with Gasteiger partial charge in [0.1, 0.15) is 11.6 Å². The van der Waals surface area contributed by atoms with E-state index in [0.717, 1.165) is 0 Å². The lowest BCUT2D eigenvalue weighted by Gasteiger charge is -2.36. The van der Waals surface area contributed by atoms with Crippen molar-refractivity contribution in [1.29, 1.82) is 0 Å². The van der Waals surface area contributed by atoms with Crippen LogP contribution in [0.25, 0.3) is 0 Å². The molecule has 1 aliphatic heterocycles. The second kappa shape index (κ2) is 8.66. The molecule has 1 fully saturated rings. The fourth-order valence-corrected chi connectivity index (χ4v) is 3.14. The first kappa shape index (κ1) is 19.6. The van der Waals surface area contributed by atoms with Crippen LogP contribution in [0.5, 0.6) is 11.5 Å². The quantitative estimate of drug-likeness (QED) is 0.602. The lowest BCUT2D eigenvalue weighted by atomic mass is 10.0. The highest BCUT2D eigenvalue weighted by molar-refractivity contribution is 5.78. The van der Waals surface area contributed by atoms with Gasteiger partial charge in [-0.05, 0) is 23.8 Å². The van der Waals surface area contributed by atoms with E-state index in [0.29, 0.717) is 25.2 Å². The first-order chi connectivity index (χ1) is 13.5. The van der Waals surface area contributed by atoms with Crippen LogP contribution >= 0.6 is 0 Å². The maximum absolute atomic E-state index is 13.6. The third-order valence-corrected chi connectivity index (χ3v) is 4.51. The molecule has 8 nitrogen and oxygen atoms in total. The minimum atomic E-state index is -0.557. The average molecular weight is 389 g/mol. The Hall–Kier alpha value is -3.20. The Morgan fingerprint density at radius 1 is 1.36 bits per heavy atom. The number of methoxy groups -OCH3 is 1. The summed E-state index contributed by atoms with van der Waals surface area (Å²) >= 11 is 0. The number of piperazine rings is 1. The molecule has 1 aliphatic rings.